The molecule has 0 unspecified atom stereocenters. The van der Waals surface area contributed by atoms with E-state index in [0.717, 1.165) is 32.7 Å². The lowest BCUT2D eigenvalue weighted by molar-refractivity contribution is 0.0145. The van der Waals surface area contributed by atoms with Gasteiger partial charge in [0.2, 0.25) is 0 Å². The van der Waals surface area contributed by atoms with Crippen LogP contribution in [0.3, 0.4) is 0 Å². The Balaban J connectivity index is 2.63. The van der Waals surface area contributed by atoms with Gasteiger partial charge in [0.25, 0.3) is 0 Å². The standard InChI is InChI=1S/C16H34N2O/c1-5-17-12-16(10-8-7-9-11-16)14-18(6-2)13-15(3,4)19/h17,19H,5-14H2,1-4H3. The number of rotatable bonds is 8. The second-order valence-electron chi connectivity index (χ2n) is 6.96. The summed E-state index contributed by atoms with van der Waals surface area (Å²) in [7, 11) is 0. The molecule has 0 aromatic rings. The predicted molar refractivity (Wildman–Crippen MR) is 82.5 cm³/mol. The minimum Gasteiger partial charge on any atom is -0.389 e. The molecular weight excluding hydrogens is 236 g/mol. The van der Waals surface area contributed by atoms with Crippen LogP contribution < -0.4 is 5.32 Å². The highest BCUT2D eigenvalue weighted by molar-refractivity contribution is 4.88. The Morgan fingerprint density at radius 2 is 1.79 bits per heavy atom. The zero-order chi connectivity index (χ0) is 14.4. The van der Waals surface area contributed by atoms with Crippen molar-refractivity contribution < 1.29 is 5.11 Å². The van der Waals surface area contributed by atoms with Gasteiger partial charge in [-0.05, 0) is 45.2 Å². The van der Waals surface area contributed by atoms with E-state index in [1.807, 2.05) is 13.8 Å². The monoisotopic (exact) mass is 270 g/mol. The van der Waals surface area contributed by atoms with Gasteiger partial charge in [-0.25, -0.2) is 0 Å². The molecule has 0 bridgehead atoms. The van der Waals surface area contributed by atoms with Gasteiger partial charge < -0.3 is 15.3 Å². The molecule has 0 atom stereocenters. The fourth-order valence-corrected chi connectivity index (χ4v) is 3.38. The van der Waals surface area contributed by atoms with Crippen LogP contribution >= 0.6 is 0 Å². The van der Waals surface area contributed by atoms with Gasteiger partial charge in [-0.1, -0.05) is 33.1 Å². The average molecular weight is 270 g/mol. The van der Waals surface area contributed by atoms with Crippen molar-refractivity contribution in [2.45, 2.75) is 65.4 Å². The molecule has 1 saturated carbocycles. The molecule has 0 aliphatic heterocycles. The molecule has 19 heavy (non-hydrogen) atoms. The van der Waals surface area contributed by atoms with Gasteiger partial charge in [0, 0.05) is 19.6 Å². The SMILES string of the molecule is CCNCC1(CN(CC)CC(C)(C)O)CCCCC1. The third-order valence-corrected chi connectivity index (χ3v) is 4.28. The first-order valence-corrected chi connectivity index (χ1v) is 8.06. The van der Waals surface area contributed by atoms with Gasteiger partial charge in [0.05, 0.1) is 5.60 Å². The van der Waals surface area contributed by atoms with Gasteiger partial charge in [0.1, 0.15) is 0 Å². The summed E-state index contributed by atoms with van der Waals surface area (Å²) in [5.41, 5.74) is -0.167. The van der Waals surface area contributed by atoms with E-state index < -0.39 is 5.60 Å². The fourth-order valence-electron chi connectivity index (χ4n) is 3.38. The highest BCUT2D eigenvalue weighted by Gasteiger charge is 2.34. The lowest BCUT2D eigenvalue weighted by Crippen LogP contribution is -2.48. The zero-order valence-electron chi connectivity index (χ0n) is 13.5. The van der Waals surface area contributed by atoms with E-state index >= 15 is 0 Å². The second-order valence-corrected chi connectivity index (χ2v) is 6.96. The van der Waals surface area contributed by atoms with Crippen LogP contribution in [0.2, 0.25) is 0 Å². The third-order valence-electron chi connectivity index (χ3n) is 4.28. The van der Waals surface area contributed by atoms with Crippen LogP contribution in [-0.2, 0) is 0 Å². The molecule has 0 radical (unpaired) electrons. The molecule has 1 aliphatic carbocycles. The van der Waals surface area contributed by atoms with Crippen molar-refractivity contribution in [1.29, 1.82) is 0 Å². The van der Waals surface area contributed by atoms with Gasteiger partial charge >= 0.3 is 0 Å². The number of aliphatic hydroxyl groups is 1. The molecule has 0 spiro atoms. The number of nitrogens with one attached hydrogen (secondary N) is 1. The molecule has 0 aromatic carbocycles. The molecule has 114 valence electrons. The molecule has 0 heterocycles. The maximum Gasteiger partial charge on any atom is 0.0718 e. The van der Waals surface area contributed by atoms with Gasteiger partial charge in [-0.3, -0.25) is 0 Å². The van der Waals surface area contributed by atoms with Crippen LogP contribution in [0.15, 0.2) is 0 Å². The maximum absolute atomic E-state index is 10.1. The molecule has 1 aliphatic rings. The molecular formula is C16H34N2O. The van der Waals surface area contributed by atoms with E-state index in [-0.39, 0.29) is 0 Å². The van der Waals surface area contributed by atoms with Crippen LogP contribution in [0, 0.1) is 5.41 Å². The quantitative estimate of drug-likeness (QED) is 0.712. The van der Waals surface area contributed by atoms with Crippen LogP contribution in [0.25, 0.3) is 0 Å². The van der Waals surface area contributed by atoms with Crippen LogP contribution in [0.5, 0.6) is 0 Å². The topological polar surface area (TPSA) is 35.5 Å². The van der Waals surface area contributed by atoms with Crippen molar-refractivity contribution in [1.82, 2.24) is 10.2 Å². The van der Waals surface area contributed by atoms with E-state index in [1.165, 1.54) is 32.1 Å². The normalized spacial score (nSPS) is 19.9. The number of nitrogens with zero attached hydrogens (tertiary/aromatic N) is 1. The van der Waals surface area contributed by atoms with Gasteiger partial charge in [-0.15, -0.1) is 0 Å². The van der Waals surface area contributed by atoms with Gasteiger partial charge in [0.15, 0.2) is 0 Å². The molecule has 2 N–H and O–H groups in total. The van der Waals surface area contributed by atoms with Crippen LogP contribution in [-0.4, -0.2) is 48.3 Å². The lowest BCUT2D eigenvalue weighted by Gasteiger charge is -2.42. The van der Waals surface area contributed by atoms with Crippen LogP contribution in [0.4, 0.5) is 0 Å². The minimum absolute atomic E-state index is 0.426. The summed E-state index contributed by atoms with van der Waals surface area (Å²) in [6.07, 6.45) is 6.80. The summed E-state index contributed by atoms with van der Waals surface area (Å²) in [4.78, 5) is 2.43. The Labute approximate surface area is 119 Å². The third kappa shape index (κ3) is 6.24. The Morgan fingerprint density at radius 3 is 2.26 bits per heavy atom. The van der Waals surface area contributed by atoms with Crippen molar-refractivity contribution >= 4 is 0 Å². The highest BCUT2D eigenvalue weighted by atomic mass is 16.3. The largest absolute Gasteiger partial charge is 0.389 e. The molecule has 0 aromatic heterocycles. The Hall–Kier alpha value is -0.120. The summed E-state index contributed by atoms with van der Waals surface area (Å²) in [6, 6.07) is 0. The summed E-state index contributed by atoms with van der Waals surface area (Å²) in [6.45, 7) is 13.3. The van der Waals surface area contributed by atoms with Crippen molar-refractivity contribution in [3.63, 3.8) is 0 Å². The van der Waals surface area contributed by atoms with Crippen LogP contribution in [0.1, 0.15) is 59.8 Å². The number of hydrogen-bond donors (Lipinski definition) is 2. The Morgan fingerprint density at radius 1 is 1.16 bits per heavy atom. The summed E-state index contributed by atoms with van der Waals surface area (Å²) in [5, 5.41) is 13.6. The summed E-state index contributed by atoms with van der Waals surface area (Å²) >= 11 is 0. The summed E-state index contributed by atoms with van der Waals surface area (Å²) < 4.78 is 0. The number of likely N-dealkylation sites (N-methyl/N-ethyl adjacent to an activating group) is 1. The van der Waals surface area contributed by atoms with E-state index in [4.69, 9.17) is 0 Å². The van der Waals surface area contributed by atoms with Gasteiger partial charge in [-0.2, -0.15) is 0 Å². The Kier molecular flexibility index (Phi) is 6.78. The van der Waals surface area contributed by atoms with Crippen molar-refractivity contribution in [3.05, 3.63) is 0 Å². The average Bonchev–Trinajstić information content (AvgIpc) is 2.35. The summed E-state index contributed by atoms with van der Waals surface area (Å²) in [5.74, 6) is 0. The highest BCUT2D eigenvalue weighted by Crippen LogP contribution is 2.36. The van der Waals surface area contributed by atoms with E-state index in [1.54, 1.807) is 0 Å². The van der Waals surface area contributed by atoms with Crippen molar-refractivity contribution in [3.8, 4) is 0 Å². The molecule has 1 rings (SSSR count). The predicted octanol–water partition coefficient (Wildman–Crippen LogP) is 2.64. The van der Waals surface area contributed by atoms with E-state index in [2.05, 4.69) is 24.1 Å². The molecule has 3 nitrogen and oxygen atoms in total. The first kappa shape index (κ1) is 16.9. The molecule has 1 fully saturated rings. The minimum atomic E-state index is -0.593. The van der Waals surface area contributed by atoms with E-state index in [9.17, 15) is 5.11 Å². The first-order chi connectivity index (χ1) is 8.91. The first-order valence-electron chi connectivity index (χ1n) is 8.06. The van der Waals surface area contributed by atoms with E-state index in [0.29, 0.717) is 5.41 Å². The smallest absolute Gasteiger partial charge is 0.0718 e. The fraction of sp³-hybridized carbons (Fsp3) is 1.00. The maximum atomic E-state index is 10.1. The molecule has 3 heteroatoms. The van der Waals surface area contributed by atoms with Crippen molar-refractivity contribution in [2.75, 3.05) is 32.7 Å². The van der Waals surface area contributed by atoms with Crippen molar-refractivity contribution in [2.24, 2.45) is 5.41 Å². The Bertz CT molecular complexity index is 242. The molecule has 0 amide bonds. The number of hydrogen-bond acceptors (Lipinski definition) is 3. The molecule has 0 saturated heterocycles. The zero-order valence-corrected chi connectivity index (χ0v) is 13.5. The lowest BCUT2D eigenvalue weighted by atomic mass is 9.73. The second kappa shape index (κ2) is 7.61.